The van der Waals surface area contributed by atoms with E-state index < -0.39 is 23.3 Å². The Morgan fingerprint density at radius 1 is 1.16 bits per heavy atom. The predicted octanol–water partition coefficient (Wildman–Crippen LogP) is 3.29. The number of benzene rings is 2. The van der Waals surface area contributed by atoms with Gasteiger partial charge in [-0.3, -0.25) is 19.1 Å². The molecular formula is C22H22Cl2N4O4. The van der Waals surface area contributed by atoms with Gasteiger partial charge in [-0.1, -0.05) is 59.6 Å². The third-order valence-electron chi connectivity index (χ3n) is 4.82. The zero-order chi connectivity index (χ0) is 23.4. The number of amides is 1. The van der Waals surface area contributed by atoms with Crippen LogP contribution in [0.4, 0.5) is 11.5 Å². The molecule has 3 rings (SSSR count). The molecular weight excluding hydrogens is 455 g/mol. The second-order valence-electron chi connectivity index (χ2n) is 6.96. The van der Waals surface area contributed by atoms with E-state index in [0.29, 0.717) is 0 Å². The van der Waals surface area contributed by atoms with Crippen molar-refractivity contribution in [3.63, 3.8) is 0 Å². The molecule has 0 aliphatic rings. The smallest absolute Gasteiger partial charge is 0.330 e. The number of carbonyl (C=O) groups is 1. The molecule has 3 aromatic rings. The molecule has 1 unspecified atom stereocenters. The summed E-state index contributed by atoms with van der Waals surface area (Å²) in [5.74, 6) is -0.427. The lowest BCUT2D eigenvalue weighted by Gasteiger charge is -2.26. The molecule has 1 heterocycles. The number of nitrogens with zero attached hydrogens (tertiary/aromatic N) is 2. The summed E-state index contributed by atoms with van der Waals surface area (Å²) < 4.78 is 6.90. The van der Waals surface area contributed by atoms with E-state index in [1.54, 1.807) is 25.1 Å². The Balaban J connectivity index is 1.96. The molecule has 0 bridgehead atoms. The van der Waals surface area contributed by atoms with Crippen LogP contribution in [0.3, 0.4) is 0 Å². The van der Waals surface area contributed by atoms with E-state index in [2.05, 4.69) is 4.98 Å². The fraction of sp³-hybridized carbons (Fsp3) is 0.227. The minimum absolute atomic E-state index is 0.118. The average molecular weight is 477 g/mol. The number of nitrogens with one attached hydrogen (secondary N) is 1. The molecule has 0 aliphatic heterocycles. The maximum Gasteiger partial charge on any atom is 0.330 e. The van der Waals surface area contributed by atoms with Crippen molar-refractivity contribution in [1.29, 1.82) is 0 Å². The van der Waals surface area contributed by atoms with Gasteiger partial charge in [0.05, 0.1) is 11.6 Å². The largest absolute Gasteiger partial charge is 0.479 e. The van der Waals surface area contributed by atoms with Crippen molar-refractivity contribution in [2.24, 2.45) is 0 Å². The average Bonchev–Trinajstić information content (AvgIpc) is 2.77. The van der Waals surface area contributed by atoms with Gasteiger partial charge in [0.25, 0.3) is 11.5 Å². The van der Waals surface area contributed by atoms with E-state index in [1.807, 2.05) is 30.3 Å². The molecule has 0 spiro atoms. The number of aromatic nitrogens is 2. The lowest BCUT2D eigenvalue weighted by Crippen LogP contribution is -2.45. The summed E-state index contributed by atoms with van der Waals surface area (Å²) in [6, 6.07) is 14.0. The number of carbonyl (C=O) groups excluding carboxylic acids is 1. The minimum atomic E-state index is -1.01. The first-order chi connectivity index (χ1) is 15.2. The molecule has 2 aromatic carbocycles. The van der Waals surface area contributed by atoms with Gasteiger partial charge in [0.1, 0.15) is 16.6 Å². The van der Waals surface area contributed by atoms with Gasteiger partial charge >= 0.3 is 5.69 Å². The van der Waals surface area contributed by atoms with E-state index in [-0.39, 0.29) is 40.4 Å². The number of likely N-dealkylation sites (N-methyl/N-ethyl adjacent to an activating group) is 1. The van der Waals surface area contributed by atoms with Gasteiger partial charge in [0.2, 0.25) is 0 Å². The van der Waals surface area contributed by atoms with Crippen LogP contribution >= 0.6 is 23.2 Å². The van der Waals surface area contributed by atoms with Crippen LogP contribution < -0.4 is 26.6 Å². The fourth-order valence-electron chi connectivity index (χ4n) is 3.22. The number of rotatable bonds is 7. The normalized spacial score (nSPS) is 11.8. The third kappa shape index (κ3) is 4.81. The van der Waals surface area contributed by atoms with Crippen molar-refractivity contribution in [2.75, 3.05) is 17.2 Å². The number of aromatic amines is 1. The molecule has 8 nitrogen and oxygen atoms in total. The molecule has 0 aliphatic carbocycles. The van der Waals surface area contributed by atoms with Gasteiger partial charge in [0, 0.05) is 6.54 Å². The van der Waals surface area contributed by atoms with Gasteiger partial charge in [-0.15, -0.1) is 0 Å². The summed E-state index contributed by atoms with van der Waals surface area (Å²) in [5.41, 5.74) is 5.46. The van der Waals surface area contributed by atoms with E-state index in [4.69, 9.17) is 33.7 Å². The number of hydrogen-bond acceptors (Lipinski definition) is 5. The van der Waals surface area contributed by atoms with Gasteiger partial charge in [-0.05, 0) is 31.5 Å². The summed E-state index contributed by atoms with van der Waals surface area (Å²) in [7, 11) is 0. The summed E-state index contributed by atoms with van der Waals surface area (Å²) in [5, 5.41) is 0.454. The van der Waals surface area contributed by atoms with Gasteiger partial charge in [0.15, 0.2) is 11.8 Å². The number of halogens is 2. The van der Waals surface area contributed by atoms with Gasteiger partial charge in [-0.25, -0.2) is 4.79 Å². The van der Waals surface area contributed by atoms with Crippen LogP contribution in [0.5, 0.6) is 5.75 Å². The standard InChI is InChI=1S/C22H22Cl2N4O4/c1-3-27(21(30)13(2)32-16-11-7-10-15(23)17(16)24)18-19(25)28(22(31)26-20(18)29)12-14-8-5-4-6-9-14/h4-11,13H,3,12,25H2,1-2H3,(H,26,29,31). The Kier molecular flexibility index (Phi) is 7.27. The summed E-state index contributed by atoms with van der Waals surface area (Å²) in [4.78, 5) is 41.6. The molecule has 1 aromatic heterocycles. The molecule has 0 saturated carbocycles. The Morgan fingerprint density at radius 2 is 1.84 bits per heavy atom. The molecule has 168 valence electrons. The third-order valence-corrected chi connectivity index (χ3v) is 5.62. The zero-order valence-corrected chi connectivity index (χ0v) is 19.0. The van der Waals surface area contributed by atoms with Crippen LogP contribution in [-0.4, -0.2) is 28.1 Å². The molecule has 0 radical (unpaired) electrons. The lowest BCUT2D eigenvalue weighted by atomic mass is 10.2. The molecule has 10 heteroatoms. The molecule has 0 saturated heterocycles. The Bertz CT molecular complexity index is 1240. The van der Waals surface area contributed by atoms with Crippen molar-refractivity contribution in [3.05, 3.63) is 85.0 Å². The zero-order valence-electron chi connectivity index (χ0n) is 17.5. The topological polar surface area (TPSA) is 110 Å². The molecule has 1 atom stereocenters. The number of hydrogen-bond donors (Lipinski definition) is 2. The van der Waals surface area contributed by atoms with Crippen molar-refractivity contribution in [2.45, 2.75) is 26.5 Å². The number of H-pyrrole nitrogens is 1. The van der Waals surface area contributed by atoms with E-state index >= 15 is 0 Å². The molecule has 3 N–H and O–H groups in total. The first-order valence-corrected chi connectivity index (χ1v) is 10.6. The number of ether oxygens (including phenoxy) is 1. The minimum Gasteiger partial charge on any atom is -0.479 e. The molecule has 0 fully saturated rings. The Labute approximate surface area is 194 Å². The monoisotopic (exact) mass is 476 g/mol. The summed E-state index contributed by atoms with van der Waals surface area (Å²) >= 11 is 12.1. The van der Waals surface area contributed by atoms with Crippen LogP contribution in [0.15, 0.2) is 58.1 Å². The molecule has 32 heavy (non-hydrogen) atoms. The van der Waals surface area contributed by atoms with Crippen LogP contribution in [0.25, 0.3) is 0 Å². The van der Waals surface area contributed by atoms with Gasteiger partial charge < -0.3 is 15.4 Å². The highest BCUT2D eigenvalue weighted by Crippen LogP contribution is 2.32. The van der Waals surface area contributed by atoms with E-state index in [1.165, 1.54) is 16.4 Å². The second kappa shape index (κ2) is 9.93. The van der Waals surface area contributed by atoms with Crippen LogP contribution in [0, 0.1) is 0 Å². The maximum atomic E-state index is 13.2. The highest BCUT2D eigenvalue weighted by molar-refractivity contribution is 6.42. The van der Waals surface area contributed by atoms with E-state index in [9.17, 15) is 14.4 Å². The number of nitrogen functional groups attached to an aromatic ring is 1. The summed E-state index contributed by atoms with van der Waals surface area (Å²) in [6.45, 7) is 3.45. The Morgan fingerprint density at radius 3 is 2.50 bits per heavy atom. The van der Waals surface area contributed by atoms with Crippen LogP contribution in [-0.2, 0) is 11.3 Å². The highest BCUT2D eigenvalue weighted by Gasteiger charge is 2.28. The SMILES string of the molecule is CCN(C(=O)C(C)Oc1cccc(Cl)c1Cl)c1c(N)n(Cc2ccccc2)c(=O)[nH]c1=O. The van der Waals surface area contributed by atoms with Crippen LogP contribution in [0.1, 0.15) is 19.4 Å². The van der Waals surface area contributed by atoms with E-state index in [0.717, 1.165) is 5.56 Å². The van der Waals surface area contributed by atoms with Crippen LogP contribution in [0.2, 0.25) is 10.0 Å². The lowest BCUT2D eigenvalue weighted by molar-refractivity contribution is -0.124. The van der Waals surface area contributed by atoms with Crippen molar-refractivity contribution < 1.29 is 9.53 Å². The fourth-order valence-corrected chi connectivity index (χ4v) is 3.56. The van der Waals surface area contributed by atoms with Crippen molar-refractivity contribution in [3.8, 4) is 5.75 Å². The maximum absolute atomic E-state index is 13.2. The van der Waals surface area contributed by atoms with Gasteiger partial charge in [-0.2, -0.15) is 0 Å². The predicted molar refractivity (Wildman–Crippen MR) is 126 cm³/mol. The summed E-state index contributed by atoms with van der Waals surface area (Å²) in [6.07, 6.45) is -1.01. The molecule has 1 amide bonds. The quantitative estimate of drug-likeness (QED) is 0.543. The number of nitrogens with two attached hydrogens (primary N) is 1. The first-order valence-electron chi connectivity index (χ1n) is 9.83. The highest BCUT2D eigenvalue weighted by atomic mass is 35.5. The van der Waals surface area contributed by atoms with Crippen molar-refractivity contribution in [1.82, 2.24) is 9.55 Å². The first kappa shape index (κ1) is 23.4. The number of anilines is 2. The van der Waals surface area contributed by atoms with Crippen molar-refractivity contribution >= 4 is 40.6 Å². The Hall–Kier alpha value is -3.23. The second-order valence-corrected chi connectivity index (χ2v) is 7.74.